The Morgan fingerprint density at radius 3 is 2.63 bits per heavy atom. The van der Waals surface area contributed by atoms with Gasteiger partial charge in [0.1, 0.15) is 5.75 Å². The summed E-state index contributed by atoms with van der Waals surface area (Å²) in [5.41, 5.74) is 0.261. The van der Waals surface area contributed by atoms with Crippen molar-refractivity contribution < 1.29 is 36.2 Å². The Labute approximate surface area is 153 Å². The first-order valence-electron chi connectivity index (χ1n) is 8.29. The second kappa shape index (κ2) is 8.73. The largest absolute Gasteiger partial charge is 0.496 e. The molecule has 1 amide bonds. The fourth-order valence-electron chi connectivity index (χ4n) is 2.79. The molecule has 0 spiro atoms. The highest BCUT2D eigenvalue weighted by atomic mass is 19.3. The highest BCUT2D eigenvalue weighted by Crippen LogP contribution is 2.30. The Hall–Kier alpha value is -2.10. The van der Waals surface area contributed by atoms with Crippen LogP contribution in [0.15, 0.2) is 12.1 Å². The molecule has 1 N–H and O–H groups in total. The van der Waals surface area contributed by atoms with Gasteiger partial charge in [-0.25, -0.2) is 13.2 Å². The maximum atomic E-state index is 14.1. The summed E-state index contributed by atoms with van der Waals surface area (Å²) < 4.78 is 73.9. The van der Waals surface area contributed by atoms with Crippen molar-refractivity contribution in [3.63, 3.8) is 0 Å². The van der Waals surface area contributed by atoms with Gasteiger partial charge in [-0.2, -0.15) is 8.78 Å². The lowest BCUT2D eigenvalue weighted by atomic mass is 10.1. The number of hydrogen-bond donors (Lipinski definition) is 1. The number of nitrogens with zero attached hydrogens (tertiary/aromatic N) is 1. The minimum atomic E-state index is -4.40. The van der Waals surface area contributed by atoms with E-state index in [4.69, 9.17) is 4.74 Å². The average Bonchev–Trinajstić information content (AvgIpc) is 3.04. The first-order valence-corrected chi connectivity index (χ1v) is 8.29. The molecule has 152 valence electrons. The van der Waals surface area contributed by atoms with E-state index in [0.717, 1.165) is 31.5 Å². The number of halogens is 5. The maximum Gasteiger partial charge on any atom is 0.340 e. The molecule has 10 heteroatoms. The Morgan fingerprint density at radius 2 is 2.07 bits per heavy atom. The van der Waals surface area contributed by atoms with E-state index in [1.165, 1.54) is 7.11 Å². The van der Waals surface area contributed by atoms with E-state index < -0.39 is 30.5 Å². The molecule has 0 unspecified atom stereocenters. The smallest absolute Gasteiger partial charge is 0.340 e. The van der Waals surface area contributed by atoms with E-state index in [2.05, 4.69) is 10.1 Å². The average molecular weight is 396 g/mol. The fourth-order valence-corrected chi connectivity index (χ4v) is 2.79. The third kappa shape index (κ3) is 5.21. The van der Waals surface area contributed by atoms with Crippen molar-refractivity contribution in [2.24, 2.45) is 0 Å². The summed E-state index contributed by atoms with van der Waals surface area (Å²) in [6, 6.07) is 1.67. The van der Waals surface area contributed by atoms with Gasteiger partial charge < -0.3 is 14.8 Å². The molecule has 0 aliphatic carbocycles. The number of likely N-dealkylation sites (tertiary alicyclic amines) is 1. The number of methoxy groups -OCH3 is 1. The van der Waals surface area contributed by atoms with Gasteiger partial charge in [-0.1, -0.05) is 0 Å². The summed E-state index contributed by atoms with van der Waals surface area (Å²) >= 11 is 0. The predicted octanol–water partition coefficient (Wildman–Crippen LogP) is 2.82. The Balaban J connectivity index is 2.05. The van der Waals surface area contributed by atoms with Crippen LogP contribution in [0.1, 0.15) is 18.4 Å². The van der Waals surface area contributed by atoms with E-state index in [1.807, 2.05) is 11.9 Å². The van der Waals surface area contributed by atoms with E-state index in [0.29, 0.717) is 0 Å². The summed E-state index contributed by atoms with van der Waals surface area (Å²) in [5.74, 6) is -6.21. The molecule has 5 nitrogen and oxygen atoms in total. The minimum Gasteiger partial charge on any atom is -0.496 e. The van der Waals surface area contributed by atoms with E-state index in [-0.39, 0.29) is 29.8 Å². The number of nitrogens with one attached hydrogen (secondary N) is 1. The van der Waals surface area contributed by atoms with Gasteiger partial charge >= 0.3 is 12.3 Å². The molecule has 1 aromatic rings. The SMILES string of the molecule is COc1cc(OCC(F)(F)C(F)F)c(F)cc1CNC(=O)[C@@H]1CCCN1C. The summed E-state index contributed by atoms with van der Waals surface area (Å²) in [6.45, 7) is -0.906. The van der Waals surface area contributed by atoms with Gasteiger partial charge in [0, 0.05) is 18.2 Å². The lowest BCUT2D eigenvalue weighted by Gasteiger charge is -2.20. The Bertz CT molecular complexity index is 672. The van der Waals surface area contributed by atoms with Crippen molar-refractivity contribution in [2.45, 2.75) is 37.8 Å². The summed E-state index contributed by atoms with van der Waals surface area (Å²) in [5, 5.41) is 2.68. The molecule has 0 aromatic heterocycles. The minimum absolute atomic E-state index is 0.0449. The molecule has 1 heterocycles. The van der Waals surface area contributed by atoms with Gasteiger partial charge in [0.2, 0.25) is 5.91 Å². The van der Waals surface area contributed by atoms with Crippen molar-refractivity contribution in [1.82, 2.24) is 10.2 Å². The zero-order valence-corrected chi connectivity index (χ0v) is 14.9. The molecule has 1 aliphatic heterocycles. The highest BCUT2D eigenvalue weighted by Gasteiger charge is 2.42. The van der Waals surface area contributed by atoms with Crippen LogP contribution < -0.4 is 14.8 Å². The van der Waals surface area contributed by atoms with Crippen molar-refractivity contribution in [3.8, 4) is 11.5 Å². The number of likely N-dealkylation sites (N-methyl/N-ethyl adjacent to an activating group) is 1. The number of ether oxygens (including phenoxy) is 2. The van der Waals surface area contributed by atoms with Crippen LogP contribution in [0.2, 0.25) is 0 Å². The van der Waals surface area contributed by atoms with Crippen LogP contribution in [0.4, 0.5) is 22.0 Å². The Kier molecular flexibility index (Phi) is 6.85. The number of carbonyl (C=O) groups excluding carboxylic acids is 1. The first kappa shape index (κ1) is 21.2. The zero-order valence-electron chi connectivity index (χ0n) is 14.9. The van der Waals surface area contributed by atoms with Crippen molar-refractivity contribution in [3.05, 3.63) is 23.5 Å². The standard InChI is InChI=1S/C17H21F5N2O3/c1-24-5-3-4-12(24)15(25)23-8-10-6-11(18)14(7-13(10)26-2)27-9-17(21,22)16(19)20/h6-7,12,16H,3-5,8-9H2,1-2H3,(H,23,25)/t12-/m0/s1. The highest BCUT2D eigenvalue weighted by molar-refractivity contribution is 5.82. The molecule has 0 saturated carbocycles. The van der Waals surface area contributed by atoms with Crippen molar-refractivity contribution in [1.29, 1.82) is 0 Å². The molecule has 1 atom stereocenters. The van der Waals surface area contributed by atoms with E-state index in [9.17, 15) is 26.7 Å². The molecular weight excluding hydrogens is 375 g/mol. The van der Waals surface area contributed by atoms with Crippen molar-refractivity contribution >= 4 is 5.91 Å². The number of hydrogen-bond acceptors (Lipinski definition) is 4. The topological polar surface area (TPSA) is 50.8 Å². The van der Waals surface area contributed by atoms with Gasteiger partial charge in [-0.3, -0.25) is 9.69 Å². The number of rotatable bonds is 8. The maximum absolute atomic E-state index is 14.1. The lowest BCUT2D eigenvalue weighted by Crippen LogP contribution is -2.41. The number of amides is 1. The zero-order chi connectivity index (χ0) is 20.2. The second-order valence-corrected chi connectivity index (χ2v) is 6.30. The molecule has 1 fully saturated rings. The van der Waals surface area contributed by atoms with Crippen LogP contribution in [-0.4, -0.2) is 56.5 Å². The van der Waals surface area contributed by atoms with Crippen LogP contribution in [0.25, 0.3) is 0 Å². The van der Waals surface area contributed by atoms with Gasteiger partial charge in [-0.05, 0) is 32.5 Å². The van der Waals surface area contributed by atoms with Crippen molar-refractivity contribution in [2.75, 3.05) is 27.3 Å². The number of alkyl halides is 4. The summed E-state index contributed by atoms with van der Waals surface area (Å²) in [7, 11) is 3.10. The van der Waals surface area contributed by atoms with Gasteiger partial charge in [0.15, 0.2) is 18.2 Å². The molecule has 1 aromatic carbocycles. The third-order valence-electron chi connectivity index (χ3n) is 4.35. The monoisotopic (exact) mass is 396 g/mol. The molecule has 0 radical (unpaired) electrons. The van der Waals surface area contributed by atoms with Crippen LogP contribution in [0, 0.1) is 5.82 Å². The van der Waals surface area contributed by atoms with Crippen LogP contribution in [-0.2, 0) is 11.3 Å². The molecule has 1 saturated heterocycles. The lowest BCUT2D eigenvalue weighted by molar-refractivity contribution is -0.148. The normalized spacial score (nSPS) is 18.0. The molecule has 2 rings (SSSR count). The van der Waals surface area contributed by atoms with Crippen LogP contribution in [0.3, 0.4) is 0 Å². The van der Waals surface area contributed by atoms with Gasteiger partial charge in [-0.15, -0.1) is 0 Å². The molecule has 1 aliphatic rings. The third-order valence-corrected chi connectivity index (χ3v) is 4.35. The van der Waals surface area contributed by atoms with E-state index >= 15 is 0 Å². The summed E-state index contributed by atoms with van der Waals surface area (Å²) in [4.78, 5) is 14.1. The quantitative estimate of drug-likeness (QED) is 0.687. The second-order valence-electron chi connectivity index (χ2n) is 6.30. The predicted molar refractivity (Wildman–Crippen MR) is 86.9 cm³/mol. The molecular formula is C17H21F5N2O3. The van der Waals surface area contributed by atoms with E-state index in [1.54, 1.807) is 0 Å². The van der Waals surface area contributed by atoms with Gasteiger partial charge in [0.05, 0.1) is 13.2 Å². The number of benzene rings is 1. The molecule has 0 bridgehead atoms. The fraction of sp³-hybridized carbons (Fsp3) is 0.588. The van der Waals surface area contributed by atoms with Gasteiger partial charge in [0.25, 0.3) is 0 Å². The summed E-state index contributed by atoms with van der Waals surface area (Å²) in [6.07, 6.45) is -2.30. The van der Waals surface area contributed by atoms with Crippen LogP contribution in [0.5, 0.6) is 11.5 Å². The number of carbonyl (C=O) groups is 1. The first-order chi connectivity index (χ1) is 12.7. The van der Waals surface area contributed by atoms with Crippen LogP contribution >= 0.6 is 0 Å². The Morgan fingerprint density at radius 1 is 1.37 bits per heavy atom. The molecule has 27 heavy (non-hydrogen) atoms.